The van der Waals surface area contributed by atoms with E-state index in [2.05, 4.69) is 11.1 Å². The Hall–Kier alpha value is -4.44. The van der Waals surface area contributed by atoms with Crippen molar-refractivity contribution in [2.45, 2.75) is 25.2 Å². The molecule has 6 rings (SSSR count). The third kappa shape index (κ3) is 2.85. The van der Waals surface area contributed by atoms with Crippen molar-refractivity contribution in [1.82, 2.24) is 9.97 Å². The van der Waals surface area contributed by atoms with Crippen LogP contribution in [0.4, 0.5) is 5.69 Å². The summed E-state index contributed by atoms with van der Waals surface area (Å²) in [5.74, 6) is 0.705. The van der Waals surface area contributed by atoms with Gasteiger partial charge >= 0.3 is 0 Å². The van der Waals surface area contributed by atoms with E-state index in [4.69, 9.17) is 20.2 Å². The number of phenolic OH excluding ortho intramolecular Hbond substituents is 1. The Labute approximate surface area is 196 Å². The second-order valence-corrected chi connectivity index (χ2v) is 8.59. The molecule has 0 saturated carbocycles. The molecule has 7 nitrogen and oxygen atoms in total. The summed E-state index contributed by atoms with van der Waals surface area (Å²) < 4.78 is 11.8. The Morgan fingerprint density at radius 2 is 2.09 bits per heavy atom. The lowest BCUT2D eigenvalue weighted by atomic mass is 9.81. The van der Waals surface area contributed by atoms with Crippen LogP contribution in [0, 0.1) is 11.3 Å². The van der Waals surface area contributed by atoms with Crippen LogP contribution < -0.4 is 15.2 Å². The molecule has 2 aliphatic rings. The number of nitrogens with two attached hydrogens (primary N) is 1. The minimum Gasteiger partial charge on any atom is -0.504 e. The summed E-state index contributed by atoms with van der Waals surface area (Å²) >= 11 is 0. The fourth-order valence-corrected chi connectivity index (χ4v) is 5.17. The maximum absolute atomic E-state index is 10.4. The number of fused-ring (bicyclic) bond motifs is 3. The first-order valence-electron chi connectivity index (χ1n) is 11.2. The second-order valence-electron chi connectivity index (χ2n) is 8.59. The molecule has 1 atom stereocenters. The summed E-state index contributed by atoms with van der Waals surface area (Å²) in [6.07, 6.45) is 4.55. The van der Waals surface area contributed by atoms with E-state index in [0.29, 0.717) is 34.2 Å². The highest BCUT2D eigenvalue weighted by molar-refractivity contribution is 5.94. The average Bonchev–Trinajstić information content (AvgIpc) is 3.50. The minimum atomic E-state index is -0.523. The van der Waals surface area contributed by atoms with Crippen molar-refractivity contribution in [1.29, 1.82) is 5.26 Å². The van der Waals surface area contributed by atoms with Gasteiger partial charge in [-0.25, -0.2) is 4.98 Å². The fraction of sp³-hybridized carbons (Fsp3) is 0.185. The largest absolute Gasteiger partial charge is 0.504 e. The van der Waals surface area contributed by atoms with Crippen LogP contribution in [0.15, 0.2) is 54.2 Å². The zero-order chi connectivity index (χ0) is 23.4. The van der Waals surface area contributed by atoms with Crippen LogP contribution in [0.25, 0.3) is 16.7 Å². The molecule has 0 fully saturated rings. The van der Waals surface area contributed by atoms with E-state index in [0.717, 1.165) is 52.5 Å². The number of rotatable bonds is 3. The maximum Gasteiger partial charge on any atom is 0.225 e. The molecule has 0 amide bonds. The van der Waals surface area contributed by atoms with E-state index in [-0.39, 0.29) is 5.75 Å². The van der Waals surface area contributed by atoms with E-state index >= 15 is 0 Å². The zero-order valence-corrected chi connectivity index (χ0v) is 18.6. The lowest BCUT2D eigenvalue weighted by Crippen LogP contribution is -2.20. The standard InChI is InChI=1S/C27H22N4O3/c1-33-22-11-14(9-10-21(22)32)23-17(12-28)26(18-13-30-19-7-3-2-5-15(18)19)34-27-24(23)25(29)16-6-4-8-20(16)31-27/h2-3,5,7,9-11,13,23,30,32H,4,6,8H2,1H3,(H2,29,31). The van der Waals surface area contributed by atoms with E-state index in [1.807, 2.05) is 30.5 Å². The van der Waals surface area contributed by atoms with Crippen LogP contribution in [-0.2, 0) is 12.8 Å². The van der Waals surface area contributed by atoms with Crippen LogP contribution >= 0.6 is 0 Å². The molecule has 2 aromatic heterocycles. The van der Waals surface area contributed by atoms with Gasteiger partial charge in [-0.3, -0.25) is 0 Å². The van der Waals surface area contributed by atoms with Gasteiger partial charge in [0.1, 0.15) is 0 Å². The van der Waals surface area contributed by atoms with E-state index in [1.54, 1.807) is 18.2 Å². The molecule has 2 aromatic carbocycles. The topological polar surface area (TPSA) is 117 Å². The van der Waals surface area contributed by atoms with Gasteiger partial charge in [-0.2, -0.15) is 5.26 Å². The number of methoxy groups -OCH3 is 1. The molecule has 168 valence electrons. The van der Waals surface area contributed by atoms with Gasteiger partial charge in [0.2, 0.25) is 5.88 Å². The number of aromatic nitrogens is 2. The molecular formula is C27H22N4O3. The van der Waals surface area contributed by atoms with Gasteiger partial charge in [0.25, 0.3) is 0 Å². The SMILES string of the molecule is COc1cc(C2C(C#N)=C(c3c[nH]c4ccccc34)Oc3nc4c(c(N)c32)CCC4)ccc1O. The van der Waals surface area contributed by atoms with Crippen LogP contribution in [0.3, 0.4) is 0 Å². The Kier molecular flexibility index (Phi) is 4.49. The fourth-order valence-electron chi connectivity index (χ4n) is 5.17. The number of H-pyrrole nitrogens is 1. The van der Waals surface area contributed by atoms with Crippen molar-refractivity contribution in [3.05, 3.63) is 82.2 Å². The molecule has 34 heavy (non-hydrogen) atoms. The van der Waals surface area contributed by atoms with E-state index in [1.165, 1.54) is 7.11 Å². The molecule has 0 radical (unpaired) electrons. The summed E-state index contributed by atoms with van der Waals surface area (Å²) in [6.45, 7) is 0. The highest BCUT2D eigenvalue weighted by atomic mass is 16.5. The number of nitrogens with zero attached hydrogens (tertiary/aromatic N) is 2. The van der Waals surface area contributed by atoms with Crippen molar-refractivity contribution >= 4 is 22.3 Å². The highest BCUT2D eigenvalue weighted by Crippen LogP contribution is 2.50. The summed E-state index contributed by atoms with van der Waals surface area (Å²) in [5.41, 5.74) is 12.9. The van der Waals surface area contributed by atoms with Gasteiger partial charge < -0.3 is 25.3 Å². The monoisotopic (exact) mass is 450 g/mol. The first kappa shape index (κ1) is 20.2. The number of aryl methyl sites for hydroxylation is 1. The van der Waals surface area contributed by atoms with Gasteiger partial charge in [-0.1, -0.05) is 24.3 Å². The molecule has 1 unspecified atom stereocenters. The molecule has 4 aromatic rings. The molecule has 0 bridgehead atoms. The molecule has 1 aliphatic carbocycles. The number of benzene rings is 2. The number of allylic oxidation sites excluding steroid dienone is 1. The zero-order valence-electron chi connectivity index (χ0n) is 18.6. The molecule has 7 heteroatoms. The third-order valence-corrected chi connectivity index (χ3v) is 6.78. The van der Waals surface area contributed by atoms with Crippen LogP contribution in [0.5, 0.6) is 17.4 Å². The van der Waals surface area contributed by atoms with Gasteiger partial charge in [0.05, 0.1) is 30.2 Å². The van der Waals surface area contributed by atoms with Gasteiger partial charge in [-0.05, 0) is 48.6 Å². The predicted octanol–water partition coefficient (Wildman–Crippen LogP) is 4.81. The van der Waals surface area contributed by atoms with Gasteiger partial charge in [0, 0.05) is 34.0 Å². The normalized spacial score (nSPS) is 16.6. The van der Waals surface area contributed by atoms with Crippen molar-refractivity contribution in [2.24, 2.45) is 0 Å². The Balaban J connectivity index is 1.66. The van der Waals surface area contributed by atoms with Gasteiger partial charge in [0.15, 0.2) is 17.3 Å². The maximum atomic E-state index is 10.4. The molecule has 3 heterocycles. The number of hydrogen-bond acceptors (Lipinski definition) is 6. The lowest BCUT2D eigenvalue weighted by molar-refractivity contribution is 0.372. The summed E-state index contributed by atoms with van der Waals surface area (Å²) in [5, 5.41) is 21.5. The molecule has 1 aliphatic heterocycles. The molecule has 4 N–H and O–H groups in total. The molecular weight excluding hydrogens is 428 g/mol. The Bertz CT molecular complexity index is 1540. The number of nitriles is 1. The number of pyridine rings is 1. The number of aromatic amines is 1. The number of para-hydroxylation sites is 1. The van der Waals surface area contributed by atoms with Crippen LogP contribution in [-0.4, -0.2) is 22.2 Å². The van der Waals surface area contributed by atoms with Crippen molar-refractivity contribution in [3.8, 4) is 23.4 Å². The minimum absolute atomic E-state index is 0.0259. The highest BCUT2D eigenvalue weighted by Gasteiger charge is 2.38. The summed E-state index contributed by atoms with van der Waals surface area (Å²) in [4.78, 5) is 8.13. The van der Waals surface area contributed by atoms with Crippen molar-refractivity contribution < 1.29 is 14.6 Å². The lowest BCUT2D eigenvalue weighted by Gasteiger charge is -2.29. The third-order valence-electron chi connectivity index (χ3n) is 6.78. The van der Waals surface area contributed by atoms with Crippen molar-refractivity contribution in [2.75, 3.05) is 12.8 Å². The predicted molar refractivity (Wildman–Crippen MR) is 129 cm³/mol. The second kappa shape index (κ2) is 7.56. The quantitative estimate of drug-likeness (QED) is 0.412. The average molecular weight is 450 g/mol. The number of hydrogen-bond donors (Lipinski definition) is 3. The number of phenols is 1. The number of anilines is 1. The summed E-state index contributed by atoms with van der Waals surface area (Å²) in [6, 6.07) is 15.4. The number of aromatic hydroxyl groups is 1. The number of ether oxygens (including phenoxy) is 2. The first-order valence-corrected chi connectivity index (χ1v) is 11.2. The van der Waals surface area contributed by atoms with Crippen molar-refractivity contribution in [3.63, 3.8) is 0 Å². The summed E-state index contributed by atoms with van der Waals surface area (Å²) in [7, 11) is 1.50. The van der Waals surface area contributed by atoms with Crippen LogP contribution in [0.1, 0.15) is 40.3 Å². The van der Waals surface area contributed by atoms with E-state index < -0.39 is 5.92 Å². The Morgan fingerprint density at radius 3 is 2.91 bits per heavy atom. The van der Waals surface area contributed by atoms with Crippen LogP contribution in [0.2, 0.25) is 0 Å². The Morgan fingerprint density at radius 1 is 1.24 bits per heavy atom. The van der Waals surface area contributed by atoms with Gasteiger partial charge in [-0.15, -0.1) is 0 Å². The smallest absolute Gasteiger partial charge is 0.225 e. The number of nitrogens with one attached hydrogen (secondary N) is 1. The number of nitrogen functional groups attached to an aromatic ring is 1. The van der Waals surface area contributed by atoms with E-state index in [9.17, 15) is 10.4 Å². The molecule has 0 saturated heterocycles. The first-order chi connectivity index (χ1) is 16.6. The molecule has 0 spiro atoms.